The van der Waals surface area contributed by atoms with Crippen molar-refractivity contribution in [1.82, 2.24) is 0 Å². The summed E-state index contributed by atoms with van der Waals surface area (Å²) in [5.41, 5.74) is 0.306. The molecule has 0 aromatic heterocycles. The van der Waals surface area contributed by atoms with Crippen LogP contribution in [0.5, 0.6) is 5.75 Å². The van der Waals surface area contributed by atoms with Crippen LogP contribution in [-0.2, 0) is 41.0 Å². The van der Waals surface area contributed by atoms with Gasteiger partial charge in [-0.1, -0.05) is 12.1 Å². The van der Waals surface area contributed by atoms with E-state index in [1.165, 1.54) is 0 Å². The highest BCUT2D eigenvalue weighted by Gasteiger charge is 2.37. The van der Waals surface area contributed by atoms with Crippen LogP contribution in [0.1, 0.15) is 65.5 Å². The fourth-order valence-electron chi connectivity index (χ4n) is 2.79. The molecule has 1 unspecified atom stereocenters. The summed E-state index contributed by atoms with van der Waals surface area (Å²) in [5, 5.41) is 0. The molecule has 9 heteroatoms. The number of esters is 2. The number of aryl methyl sites for hydroxylation is 1. The molecule has 0 aliphatic heterocycles. The second kappa shape index (κ2) is 9.72. The molecule has 1 N–H and O–H groups in total. The van der Waals surface area contributed by atoms with E-state index in [1.54, 1.807) is 47.6 Å². The lowest BCUT2D eigenvalue weighted by molar-refractivity contribution is -0.246. The smallest absolute Gasteiger partial charge is 0.372 e. The van der Waals surface area contributed by atoms with Crippen LogP contribution in [0.3, 0.4) is 0 Å². The molecular formula is C22H33O8P. The molecule has 0 saturated carbocycles. The van der Waals surface area contributed by atoms with Gasteiger partial charge in [0.25, 0.3) is 0 Å². The third-order valence-corrected chi connectivity index (χ3v) is 5.58. The minimum atomic E-state index is -4.44. The third-order valence-electron chi connectivity index (χ3n) is 4.62. The lowest BCUT2D eigenvalue weighted by atomic mass is 9.91. The van der Waals surface area contributed by atoms with Crippen molar-refractivity contribution in [3.05, 3.63) is 29.3 Å². The first-order valence-corrected chi connectivity index (χ1v) is 12.1. The zero-order chi connectivity index (χ0) is 23.4. The van der Waals surface area contributed by atoms with E-state index < -0.39 is 43.2 Å². The molecule has 1 aromatic carbocycles. The molecule has 0 fully saturated rings. The van der Waals surface area contributed by atoms with Crippen LogP contribution in [0.15, 0.2) is 18.2 Å². The molecule has 1 aromatic rings. The van der Waals surface area contributed by atoms with Crippen LogP contribution in [0.25, 0.3) is 0 Å². The molecular weight excluding hydrogens is 423 g/mol. The Morgan fingerprint density at radius 1 is 1.00 bits per heavy atom. The van der Waals surface area contributed by atoms with E-state index in [1.807, 2.05) is 12.1 Å². The number of carbonyl (C=O) groups is 2. The fraction of sp³-hybridized carbons (Fsp3) is 0.636. The predicted octanol–water partition coefficient (Wildman–Crippen LogP) is 4.57. The van der Waals surface area contributed by atoms with E-state index in [2.05, 4.69) is 0 Å². The Bertz CT molecular complexity index is 822. The maximum absolute atomic E-state index is 12.7. The van der Waals surface area contributed by atoms with Crippen molar-refractivity contribution in [2.45, 2.75) is 73.7 Å². The van der Waals surface area contributed by atoms with Gasteiger partial charge in [-0.2, -0.15) is 0 Å². The Hall–Kier alpha value is -1.89. The molecule has 174 valence electrons. The lowest BCUT2D eigenvalue weighted by Crippen LogP contribution is -2.35. The summed E-state index contributed by atoms with van der Waals surface area (Å²) in [7, 11) is -4.44. The normalized spacial score (nSPS) is 16.3. The Balaban J connectivity index is 2.11. The minimum Gasteiger partial charge on any atom is -0.481 e. The van der Waals surface area contributed by atoms with Crippen LogP contribution in [0.4, 0.5) is 0 Å². The van der Waals surface area contributed by atoms with E-state index in [0.29, 0.717) is 5.75 Å². The summed E-state index contributed by atoms with van der Waals surface area (Å²) < 4.78 is 33.4. The zero-order valence-corrected chi connectivity index (χ0v) is 20.0. The van der Waals surface area contributed by atoms with Gasteiger partial charge in [0, 0.05) is 0 Å². The molecule has 8 nitrogen and oxygen atoms in total. The van der Waals surface area contributed by atoms with Gasteiger partial charge in [-0.3, -0.25) is 14.2 Å². The summed E-state index contributed by atoms with van der Waals surface area (Å²) in [5.74, 6) is -0.987. The highest BCUT2D eigenvalue weighted by Crippen LogP contribution is 2.45. The Labute approximate surface area is 183 Å². The molecule has 0 bridgehead atoms. The van der Waals surface area contributed by atoms with Gasteiger partial charge in [0.15, 0.2) is 6.35 Å². The average Bonchev–Trinajstić information content (AvgIpc) is 2.64. The van der Waals surface area contributed by atoms with E-state index in [4.69, 9.17) is 18.7 Å². The SMILES string of the molecule is CC(C)(C)C(=O)OC(OC(=O)C(C)(C)C)OP(=O)(O)COc1cccc2c1CCCC2. The van der Waals surface area contributed by atoms with E-state index in [-0.39, 0.29) is 0 Å². The van der Waals surface area contributed by atoms with E-state index >= 15 is 0 Å². The molecule has 0 heterocycles. The summed E-state index contributed by atoms with van der Waals surface area (Å²) in [6.45, 7) is 7.60. The van der Waals surface area contributed by atoms with Crippen molar-refractivity contribution in [1.29, 1.82) is 0 Å². The van der Waals surface area contributed by atoms with Crippen molar-refractivity contribution in [3.8, 4) is 5.75 Å². The van der Waals surface area contributed by atoms with Gasteiger partial charge in [-0.15, -0.1) is 0 Å². The monoisotopic (exact) mass is 456 g/mol. The maximum atomic E-state index is 12.7. The fourth-order valence-corrected chi connectivity index (χ4v) is 3.51. The van der Waals surface area contributed by atoms with Crippen LogP contribution in [0, 0.1) is 10.8 Å². The topological polar surface area (TPSA) is 108 Å². The molecule has 0 radical (unpaired) electrons. The number of fused-ring (bicyclic) bond motifs is 1. The van der Waals surface area contributed by atoms with Gasteiger partial charge in [-0.05, 0) is 84.4 Å². The largest absolute Gasteiger partial charge is 0.481 e. The van der Waals surface area contributed by atoms with Crippen LogP contribution in [-0.4, -0.2) is 29.7 Å². The predicted molar refractivity (Wildman–Crippen MR) is 114 cm³/mol. The Morgan fingerprint density at radius 2 is 1.55 bits per heavy atom. The number of ether oxygens (including phenoxy) is 3. The molecule has 31 heavy (non-hydrogen) atoms. The summed E-state index contributed by atoms with van der Waals surface area (Å²) in [6, 6.07) is 5.59. The number of hydrogen-bond donors (Lipinski definition) is 1. The second-order valence-corrected chi connectivity index (χ2v) is 11.5. The maximum Gasteiger partial charge on any atom is 0.372 e. The summed E-state index contributed by atoms with van der Waals surface area (Å²) >= 11 is 0. The van der Waals surface area contributed by atoms with Gasteiger partial charge in [0.05, 0.1) is 10.8 Å². The van der Waals surface area contributed by atoms with Gasteiger partial charge < -0.3 is 19.1 Å². The lowest BCUT2D eigenvalue weighted by Gasteiger charge is -2.27. The standard InChI is InChI=1S/C22H33O8P/c1-21(2,3)18(23)28-20(29-19(24)22(4,5)6)30-31(25,26)14-27-17-13-9-11-15-10-7-8-12-16(15)17/h9,11,13,20H,7-8,10,12,14H2,1-6H3,(H,25,26). The second-order valence-electron chi connectivity index (χ2n) is 9.72. The summed E-state index contributed by atoms with van der Waals surface area (Å²) in [6.07, 6.45) is 3.21. The first-order chi connectivity index (χ1) is 14.2. The van der Waals surface area contributed by atoms with Gasteiger partial charge in [0.2, 0.25) is 0 Å². The summed E-state index contributed by atoms with van der Waals surface area (Å²) in [4.78, 5) is 34.8. The molecule has 1 aliphatic rings. The van der Waals surface area contributed by atoms with Gasteiger partial charge >= 0.3 is 26.0 Å². The van der Waals surface area contributed by atoms with E-state index in [0.717, 1.165) is 36.8 Å². The van der Waals surface area contributed by atoms with Crippen molar-refractivity contribution in [3.63, 3.8) is 0 Å². The highest BCUT2D eigenvalue weighted by atomic mass is 31.2. The average molecular weight is 456 g/mol. The zero-order valence-electron chi connectivity index (χ0n) is 19.1. The number of carbonyl (C=O) groups excluding carboxylic acids is 2. The first kappa shape index (κ1) is 25.4. The molecule has 0 amide bonds. The minimum absolute atomic E-state index is 0.519. The van der Waals surface area contributed by atoms with Crippen LogP contribution < -0.4 is 4.74 Å². The Morgan fingerprint density at radius 3 is 2.10 bits per heavy atom. The first-order valence-electron chi connectivity index (χ1n) is 10.3. The molecule has 0 saturated heterocycles. The van der Waals surface area contributed by atoms with Crippen molar-refractivity contribution in [2.75, 3.05) is 6.35 Å². The molecule has 2 rings (SSSR count). The van der Waals surface area contributed by atoms with Gasteiger partial charge in [0.1, 0.15) is 5.75 Å². The third kappa shape index (κ3) is 7.63. The quantitative estimate of drug-likeness (QED) is 0.361. The molecule has 1 atom stereocenters. The Kier molecular flexibility index (Phi) is 7.95. The van der Waals surface area contributed by atoms with Crippen molar-refractivity contribution >= 4 is 19.5 Å². The number of hydrogen-bond acceptors (Lipinski definition) is 7. The van der Waals surface area contributed by atoms with Crippen LogP contribution >= 0.6 is 7.60 Å². The van der Waals surface area contributed by atoms with Crippen LogP contribution in [0.2, 0.25) is 0 Å². The van der Waals surface area contributed by atoms with Gasteiger partial charge in [-0.25, -0.2) is 4.52 Å². The van der Waals surface area contributed by atoms with Crippen molar-refractivity contribution < 1.29 is 37.8 Å². The van der Waals surface area contributed by atoms with E-state index in [9.17, 15) is 19.0 Å². The number of benzene rings is 1. The molecule has 1 aliphatic carbocycles. The number of rotatable bonds is 7. The van der Waals surface area contributed by atoms with Crippen molar-refractivity contribution in [2.24, 2.45) is 10.8 Å². The molecule has 0 spiro atoms. The highest BCUT2D eigenvalue weighted by molar-refractivity contribution is 7.52.